The molecule has 4 heteroatoms. The number of rotatable bonds is 7. The molecule has 1 heterocycles. The first-order valence-corrected chi connectivity index (χ1v) is 10.1. The van der Waals surface area contributed by atoms with Crippen LogP contribution in [0.2, 0.25) is 0 Å². The van der Waals surface area contributed by atoms with Crippen LogP contribution in [0.25, 0.3) is 11.3 Å². The molecular formula is C26H23N3O. The zero-order chi connectivity index (χ0) is 20.6. The van der Waals surface area contributed by atoms with Crippen molar-refractivity contribution >= 4 is 11.7 Å². The summed E-state index contributed by atoms with van der Waals surface area (Å²) in [4.78, 5) is 22.0. The third-order valence-electron chi connectivity index (χ3n) is 4.87. The summed E-state index contributed by atoms with van der Waals surface area (Å²) in [6, 6.07) is 29.9. The summed E-state index contributed by atoms with van der Waals surface area (Å²) < 4.78 is 0. The predicted octanol–water partition coefficient (Wildman–Crippen LogP) is 5.11. The van der Waals surface area contributed by atoms with Crippen LogP contribution in [0, 0.1) is 0 Å². The molecule has 0 aliphatic carbocycles. The van der Waals surface area contributed by atoms with Gasteiger partial charge in [-0.25, -0.2) is 9.97 Å². The maximum absolute atomic E-state index is 12.6. The maximum atomic E-state index is 12.6. The van der Waals surface area contributed by atoms with Gasteiger partial charge in [-0.1, -0.05) is 91.0 Å². The lowest BCUT2D eigenvalue weighted by atomic mass is 10.1. The number of hydrogen-bond donors (Lipinski definition) is 1. The average Bonchev–Trinajstić information content (AvgIpc) is 2.80. The summed E-state index contributed by atoms with van der Waals surface area (Å²) in [6.07, 6.45) is 3.55. The molecule has 0 atom stereocenters. The lowest BCUT2D eigenvalue weighted by Crippen LogP contribution is -2.17. The molecular weight excluding hydrogens is 370 g/mol. The van der Waals surface area contributed by atoms with Crippen molar-refractivity contribution in [2.24, 2.45) is 0 Å². The molecule has 3 aromatic carbocycles. The van der Waals surface area contributed by atoms with Crippen molar-refractivity contribution in [2.45, 2.75) is 19.3 Å². The van der Waals surface area contributed by atoms with Gasteiger partial charge in [-0.3, -0.25) is 4.79 Å². The van der Waals surface area contributed by atoms with Gasteiger partial charge in [0.15, 0.2) is 5.82 Å². The van der Waals surface area contributed by atoms with E-state index in [1.54, 1.807) is 6.20 Å². The fourth-order valence-corrected chi connectivity index (χ4v) is 3.32. The largest absolute Gasteiger partial charge is 0.309 e. The second-order valence-corrected chi connectivity index (χ2v) is 7.11. The molecule has 0 bridgehead atoms. The highest BCUT2D eigenvalue weighted by atomic mass is 16.1. The minimum absolute atomic E-state index is 0.0936. The summed E-state index contributed by atoms with van der Waals surface area (Å²) in [5, 5.41) is 2.96. The van der Waals surface area contributed by atoms with E-state index in [-0.39, 0.29) is 5.91 Å². The van der Waals surface area contributed by atoms with Crippen molar-refractivity contribution in [1.82, 2.24) is 9.97 Å². The van der Waals surface area contributed by atoms with Gasteiger partial charge in [0.2, 0.25) is 5.91 Å². The van der Waals surface area contributed by atoms with E-state index in [1.807, 2.05) is 78.9 Å². The molecule has 4 aromatic rings. The molecule has 0 spiro atoms. The molecule has 4 nitrogen and oxygen atoms in total. The van der Waals surface area contributed by atoms with Crippen molar-refractivity contribution in [3.63, 3.8) is 0 Å². The summed E-state index contributed by atoms with van der Waals surface area (Å²) in [5.41, 5.74) is 4.80. The second-order valence-electron chi connectivity index (χ2n) is 7.11. The van der Waals surface area contributed by atoms with Crippen LogP contribution in [-0.2, 0) is 24.1 Å². The summed E-state index contributed by atoms with van der Waals surface area (Å²) in [6.45, 7) is 0. The predicted molar refractivity (Wildman–Crippen MR) is 120 cm³/mol. The first-order chi connectivity index (χ1) is 14.8. The van der Waals surface area contributed by atoms with Crippen LogP contribution < -0.4 is 5.32 Å². The van der Waals surface area contributed by atoms with E-state index in [1.165, 1.54) is 5.56 Å². The number of benzene rings is 3. The minimum Gasteiger partial charge on any atom is -0.309 e. The molecule has 0 aliphatic rings. The van der Waals surface area contributed by atoms with Crippen LogP contribution in [0.4, 0.5) is 5.82 Å². The quantitative estimate of drug-likeness (QED) is 0.475. The summed E-state index contributed by atoms with van der Waals surface area (Å²) in [5.74, 6) is 0.440. The molecule has 1 aromatic heterocycles. The number of carbonyl (C=O) groups is 1. The number of amides is 1. The van der Waals surface area contributed by atoms with E-state index in [4.69, 9.17) is 4.98 Å². The minimum atomic E-state index is -0.0936. The molecule has 0 radical (unpaired) electrons. The average molecular weight is 393 g/mol. The van der Waals surface area contributed by atoms with Gasteiger partial charge in [0, 0.05) is 5.56 Å². The Kier molecular flexibility index (Phi) is 6.25. The fraction of sp³-hybridized carbons (Fsp3) is 0.115. The molecule has 1 amide bonds. The highest BCUT2D eigenvalue weighted by molar-refractivity contribution is 5.92. The summed E-state index contributed by atoms with van der Waals surface area (Å²) >= 11 is 0. The van der Waals surface area contributed by atoms with E-state index in [0.29, 0.717) is 18.7 Å². The highest BCUT2D eigenvalue weighted by Gasteiger charge is 2.13. The van der Waals surface area contributed by atoms with Crippen LogP contribution in [0.5, 0.6) is 0 Å². The fourth-order valence-electron chi connectivity index (χ4n) is 3.32. The Balaban J connectivity index is 1.57. The number of nitrogens with zero attached hydrogens (tertiary/aromatic N) is 2. The normalized spacial score (nSPS) is 10.5. The molecule has 0 fully saturated rings. The van der Waals surface area contributed by atoms with Crippen LogP contribution in [0.3, 0.4) is 0 Å². The molecule has 148 valence electrons. The summed E-state index contributed by atoms with van der Waals surface area (Å²) in [7, 11) is 0. The van der Waals surface area contributed by atoms with Crippen LogP contribution in [0.15, 0.2) is 97.2 Å². The van der Waals surface area contributed by atoms with Gasteiger partial charge in [0.05, 0.1) is 24.0 Å². The number of aromatic nitrogens is 2. The number of hydrogen-bond acceptors (Lipinski definition) is 3. The van der Waals surface area contributed by atoms with Gasteiger partial charge in [0.25, 0.3) is 0 Å². The van der Waals surface area contributed by atoms with E-state index >= 15 is 0 Å². The van der Waals surface area contributed by atoms with E-state index in [0.717, 1.165) is 28.9 Å². The van der Waals surface area contributed by atoms with Crippen molar-refractivity contribution in [3.05, 3.63) is 114 Å². The van der Waals surface area contributed by atoms with Gasteiger partial charge < -0.3 is 5.32 Å². The number of aryl methyl sites for hydroxylation is 2. The van der Waals surface area contributed by atoms with Crippen molar-refractivity contribution in [3.8, 4) is 11.3 Å². The number of anilines is 1. The van der Waals surface area contributed by atoms with E-state index in [2.05, 4.69) is 22.4 Å². The molecule has 0 aliphatic heterocycles. The molecule has 0 saturated heterocycles. The van der Waals surface area contributed by atoms with Gasteiger partial charge in [0.1, 0.15) is 0 Å². The van der Waals surface area contributed by atoms with E-state index < -0.39 is 0 Å². The second kappa shape index (κ2) is 9.61. The van der Waals surface area contributed by atoms with Crippen molar-refractivity contribution in [1.29, 1.82) is 0 Å². The Morgan fingerprint density at radius 1 is 0.733 bits per heavy atom. The molecule has 4 rings (SSSR count). The topological polar surface area (TPSA) is 54.9 Å². The Bertz CT molecular complexity index is 1100. The highest BCUT2D eigenvalue weighted by Crippen LogP contribution is 2.21. The Morgan fingerprint density at radius 2 is 1.33 bits per heavy atom. The molecule has 30 heavy (non-hydrogen) atoms. The lowest BCUT2D eigenvalue weighted by Gasteiger charge is -2.12. The van der Waals surface area contributed by atoms with Crippen LogP contribution in [0.1, 0.15) is 16.8 Å². The smallest absolute Gasteiger partial charge is 0.229 e. The van der Waals surface area contributed by atoms with Crippen molar-refractivity contribution in [2.75, 3.05) is 5.32 Å². The lowest BCUT2D eigenvalue weighted by molar-refractivity contribution is -0.115. The maximum Gasteiger partial charge on any atom is 0.229 e. The van der Waals surface area contributed by atoms with E-state index in [9.17, 15) is 4.79 Å². The number of carbonyl (C=O) groups excluding carboxylic acids is 1. The first kappa shape index (κ1) is 19.5. The van der Waals surface area contributed by atoms with Gasteiger partial charge in [-0.05, 0) is 24.0 Å². The molecule has 0 saturated carbocycles. The third kappa shape index (κ3) is 5.17. The Labute approximate surface area is 176 Å². The SMILES string of the molecule is O=C(Cc1ccccc1)Nc1ncc(-c2ccccc2)nc1CCc1ccccc1. The zero-order valence-electron chi connectivity index (χ0n) is 16.7. The molecule has 0 unspecified atom stereocenters. The third-order valence-corrected chi connectivity index (χ3v) is 4.87. The molecule has 1 N–H and O–H groups in total. The van der Waals surface area contributed by atoms with Crippen molar-refractivity contribution < 1.29 is 4.79 Å². The van der Waals surface area contributed by atoms with Crippen LogP contribution >= 0.6 is 0 Å². The zero-order valence-corrected chi connectivity index (χ0v) is 16.7. The standard InChI is InChI=1S/C26H23N3O/c30-25(18-21-12-6-2-7-13-21)29-26-23(17-16-20-10-4-1-5-11-20)28-24(19-27-26)22-14-8-3-9-15-22/h1-15,19H,16-18H2,(H,27,29,30). The Hall–Kier alpha value is -3.79. The monoisotopic (exact) mass is 393 g/mol. The van der Waals surface area contributed by atoms with Gasteiger partial charge in [-0.15, -0.1) is 0 Å². The van der Waals surface area contributed by atoms with Gasteiger partial charge >= 0.3 is 0 Å². The van der Waals surface area contributed by atoms with Crippen LogP contribution in [-0.4, -0.2) is 15.9 Å². The first-order valence-electron chi connectivity index (χ1n) is 10.1. The Morgan fingerprint density at radius 3 is 2.00 bits per heavy atom. The van der Waals surface area contributed by atoms with Gasteiger partial charge in [-0.2, -0.15) is 0 Å². The number of nitrogens with one attached hydrogen (secondary N) is 1.